The molecule has 1 aromatic heterocycles. The lowest BCUT2D eigenvalue weighted by Crippen LogP contribution is -2.34. The highest BCUT2D eigenvalue weighted by atomic mass is 32.2. The van der Waals surface area contributed by atoms with Crippen LogP contribution in [-0.4, -0.2) is 19.4 Å². The third-order valence-corrected chi connectivity index (χ3v) is 6.77. The van der Waals surface area contributed by atoms with Gasteiger partial charge in [-0.1, -0.05) is 38.1 Å². The van der Waals surface area contributed by atoms with Crippen LogP contribution in [0.2, 0.25) is 0 Å². The number of rotatable bonds is 8. The fourth-order valence-corrected chi connectivity index (χ4v) is 4.70. The summed E-state index contributed by atoms with van der Waals surface area (Å²) in [7, 11) is -4.02. The number of sulfonamides is 1. The van der Waals surface area contributed by atoms with Crippen molar-refractivity contribution in [3.63, 3.8) is 0 Å². The fraction of sp³-hybridized carbons (Fsp3) is 0.174. The van der Waals surface area contributed by atoms with Crippen molar-refractivity contribution in [1.29, 1.82) is 5.26 Å². The number of nitriles is 1. The second-order valence-corrected chi connectivity index (χ2v) is 10.2. The van der Waals surface area contributed by atoms with Crippen LogP contribution < -0.4 is 15.8 Å². The largest absolute Gasteiger partial charge is 0.360 e. The second kappa shape index (κ2) is 10.3. The molecule has 170 valence electrons. The normalized spacial score (nSPS) is 11.8. The van der Waals surface area contributed by atoms with E-state index in [1.54, 1.807) is 4.72 Å². The number of urea groups is 1. The van der Waals surface area contributed by atoms with Gasteiger partial charge in [-0.2, -0.15) is 5.26 Å². The molecule has 0 saturated heterocycles. The number of hydrogen-bond acceptors (Lipinski definition) is 7. The van der Waals surface area contributed by atoms with Gasteiger partial charge >= 0.3 is 6.03 Å². The Labute approximate surface area is 196 Å². The summed E-state index contributed by atoms with van der Waals surface area (Å²) in [4.78, 5) is 15.3. The number of nitrogens with two attached hydrogens (primary N) is 1. The fourth-order valence-electron chi connectivity index (χ4n) is 3.03. The lowest BCUT2D eigenvalue weighted by molar-refractivity contribution is 0.253. The van der Waals surface area contributed by atoms with Crippen LogP contribution in [-0.2, 0) is 16.4 Å². The number of benzene rings is 2. The molecule has 0 aliphatic rings. The van der Waals surface area contributed by atoms with Crippen molar-refractivity contribution in [2.75, 3.05) is 5.32 Å². The van der Waals surface area contributed by atoms with Crippen molar-refractivity contribution in [1.82, 2.24) is 9.71 Å². The van der Waals surface area contributed by atoms with E-state index in [2.05, 4.69) is 42.4 Å². The molecule has 0 fully saturated rings. The molecule has 0 saturated carbocycles. The number of anilines is 1. The average Bonchev–Trinajstić information content (AvgIpc) is 3.24. The van der Waals surface area contributed by atoms with Crippen LogP contribution in [0.15, 0.2) is 65.0 Å². The van der Waals surface area contributed by atoms with E-state index in [9.17, 15) is 18.5 Å². The Kier molecular flexibility index (Phi) is 7.48. The number of aromatic nitrogens is 1. The minimum Gasteiger partial charge on any atom is -0.360 e. The van der Waals surface area contributed by atoms with Crippen LogP contribution >= 0.6 is 11.3 Å². The molecule has 1 heterocycles. The van der Waals surface area contributed by atoms with Crippen LogP contribution in [0.5, 0.6) is 0 Å². The first-order valence-electron chi connectivity index (χ1n) is 10.0. The van der Waals surface area contributed by atoms with Crippen molar-refractivity contribution >= 4 is 38.7 Å². The number of primary amides is 1. The molecule has 3 aromatic rings. The molecule has 10 heteroatoms. The molecule has 0 bridgehead atoms. The Balaban J connectivity index is 1.72. The molecule has 0 aliphatic carbocycles. The van der Waals surface area contributed by atoms with E-state index in [-0.39, 0.29) is 4.90 Å². The summed E-state index contributed by atoms with van der Waals surface area (Å²) < 4.78 is 25.6. The number of allylic oxidation sites excluding steroid dienone is 1. The SMILES string of the molecule is CC(C)Cc1ccc(-c2csc(/C(C#N)=C/Nc3ccc(S(=O)(=O)NC(N)=O)cc3)n2)cc1. The van der Waals surface area contributed by atoms with E-state index < -0.39 is 16.1 Å². The average molecular weight is 482 g/mol. The van der Waals surface area contributed by atoms with E-state index >= 15 is 0 Å². The first-order valence-corrected chi connectivity index (χ1v) is 12.4. The van der Waals surface area contributed by atoms with Gasteiger partial charge in [0.15, 0.2) is 0 Å². The van der Waals surface area contributed by atoms with Crippen molar-refractivity contribution in [2.45, 2.75) is 25.2 Å². The number of thiazole rings is 1. The van der Waals surface area contributed by atoms with Crippen molar-refractivity contribution in [2.24, 2.45) is 11.7 Å². The molecule has 3 rings (SSSR count). The van der Waals surface area contributed by atoms with E-state index in [1.807, 2.05) is 17.5 Å². The molecule has 2 aromatic carbocycles. The third-order valence-electron chi connectivity index (χ3n) is 4.53. The van der Waals surface area contributed by atoms with E-state index in [4.69, 9.17) is 5.73 Å². The zero-order chi connectivity index (χ0) is 24.0. The van der Waals surface area contributed by atoms with Gasteiger partial charge in [0.1, 0.15) is 16.6 Å². The smallest absolute Gasteiger partial charge is 0.326 e. The summed E-state index contributed by atoms with van der Waals surface area (Å²) in [5.41, 5.74) is 8.82. The number of nitrogens with one attached hydrogen (secondary N) is 2. The van der Waals surface area contributed by atoms with Crippen LogP contribution in [0.4, 0.5) is 10.5 Å². The van der Waals surface area contributed by atoms with Crippen molar-refractivity contribution in [3.8, 4) is 17.3 Å². The van der Waals surface area contributed by atoms with Gasteiger partial charge in [-0.05, 0) is 42.2 Å². The highest BCUT2D eigenvalue weighted by Gasteiger charge is 2.15. The number of carbonyl (C=O) groups excluding carboxylic acids is 1. The van der Waals surface area contributed by atoms with Gasteiger partial charge in [0, 0.05) is 22.8 Å². The van der Waals surface area contributed by atoms with Crippen LogP contribution in [0, 0.1) is 17.2 Å². The van der Waals surface area contributed by atoms with Crippen LogP contribution in [0.3, 0.4) is 0 Å². The molecule has 2 amide bonds. The Bertz CT molecular complexity index is 1300. The molecule has 0 aliphatic heterocycles. The van der Waals surface area contributed by atoms with Crippen molar-refractivity contribution in [3.05, 3.63) is 70.7 Å². The van der Waals surface area contributed by atoms with Gasteiger partial charge < -0.3 is 11.1 Å². The minimum absolute atomic E-state index is 0.111. The Morgan fingerprint density at radius 1 is 1.18 bits per heavy atom. The minimum atomic E-state index is -4.02. The topological polar surface area (TPSA) is 138 Å². The summed E-state index contributed by atoms with van der Waals surface area (Å²) in [6, 6.07) is 14.9. The van der Waals surface area contributed by atoms with Gasteiger partial charge in [0.2, 0.25) is 0 Å². The predicted octanol–water partition coefficient (Wildman–Crippen LogP) is 4.34. The molecule has 0 unspecified atom stereocenters. The zero-order valence-electron chi connectivity index (χ0n) is 18.1. The van der Waals surface area contributed by atoms with E-state index in [1.165, 1.54) is 47.4 Å². The highest BCUT2D eigenvalue weighted by Crippen LogP contribution is 2.27. The Morgan fingerprint density at radius 3 is 2.42 bits per heavy atom. The van der Waals surface area contributed by atoms with Gasteiger partial charge in [-0.15, -0.1) is 11.3 Å². The maximum absolute atomic E-state index is 11.9. The van der Waals surface area contributed by atoms with Crippen molar-refractivity contribution < 1.29 is 13.2 Å². The summed E-state index contributed by atoms with van der Waals surface area (Å²) in [5.74, 6) is 0.588. The summed E-state index contributed by atoms with van der Waals surface area (Å²) in [5, 5.41) is 15.0. The lowest BCUT2D eigenvalue weighted by Gasteiger charge is -2.06. The van der Waals surface area contributed by atoms with Crippen LogP contribution in [0.1, 0.15) is 24.4 Å². The third kappa shape index (κ3) is 6.41. The lowest BCUT2D eigenvalue weighted by atomic mass is 10.0. The maximum atomic E-state index is 11.9. The molecular weight excluding hydrogens is 458 g/mol. The van der Waals surface area contributed by atoms with Gasteiger partial charge in [-0.25, -0.2) is 22.9 Å². The monoisotopic (exact) mass is 481 g/mol. The molecule has 0 atom stereocenters. The standard InChI is InChI=1S/C23H23N5O3S2/c1-15(2)11-16-3-5-17(6-4-16)21-14-32-22(27-21)18(12-24)13-26-19-7-9-20(10-8-19)33(30,31)28-23(25)29/h3-10,13-15,26H,11H2,1-2H3,(H3,25,28,29)/b18-13+. The number of nitrogens with zero attached hydrogens (tertiary/aromatic N) is 2. The second-order valence-electron chi connectivity index (χ2n) is 7.64. The highest BCUT2D eigenvalue weighted by molar-refractivity contribution is 7.90. The predicted molar refractivity (Wildman–Crippen MR) is 130 cm³/mol. The van der Waals surface area contributed by atoms with E-state index in [0.717, 1.165) is 17.7 Å². The molecule has 33 heavy (non-hydrogen) atoms. The summed E-state index contributed by atoms with van der Waals surface area (Å²) >= 11 is 1.37. The molecule has 0 radical (unpaired) electrons. The number of carbonyl (C=O) groups is 1. The maximum Gasteiger partial charge on any atom is 0.326 e. The molecule has 4 N–H and O–H groups in total. The Morgan fingerprint density at radius 2 is 1.85 bits per heavy atom. The summed E-state index contributed by atoms with van der Waals surface area (Å²) in [6.07, 6.45) is 2.53. The van der Waals surface area contributed by atoms with Crippen LogP contribution in [0.25, 0.3) is 16.8 Å². The van der Waals surface area contributed by atoms with Gasteiger partial charge in [0.05, 0.1) is 10.6 Å². The molecular formula is C23H23N5O3S2. The number of hydrogen-bond donors (Lipinski definition) is 3. The molecule has 8 nitrogen and oxygen atoms in total. The zero-order valence-corrected chi connectivity index (χ0v) is 19.7. The number of amides is 2. The Hall–Kier alpha value is -3.68. The first kappa shape index (κ1) is 24.0. The van der Waals surface area contributed by atoms with E-state index in [0.29, 0.717) is 22.2 Å². The van der Waals surface area contributed by atoms with Gasteiger partial charge in [0.25, 0.3) is 10.0 Å². The first-order chi connectivity index (χ1) is 15.7. The summed E-state index contributed by atoms with van der Waals surface area (Å²) in [6.45, 7) is 4.36. The van der Waals surface area contributed by atoms with Gasteiger partial charge in [-0.3, -0.25) is 0 Å². The quantitative estimate of drug-likeness (QED) is 0.409. The molecule has 0 spiro atoms.